The van der Waals surface area contributed by atoms with Crippen molar-refractivity contribution in [1.29, 1.82) is 0 Å². The van der Waals surface area contributed by atoms with Gasteiger partial charge >= 0.3 is 5.97 Å². The Balaban J connectivity index is 1.56. The van der Waals surface area contributed by atoms with Crippen molar-refractivity contribution in [2.75, 3.05) is 25.5 Å². The molecule has 2 aromatic carbocycles. The summed E-state index contributed by atoms with van der Waals surface area (Å²) in [6.07, 6.45) is 1.11. The van der Waals surface area contributed by atoms with E-state index in [0.717, 1.165) is 4.70 Å². The van der Waals surface area contributed by atoms with Crippen LogP contribution in [0.25, 0.3) is 10.1 Å². The van der Waals surface area contributed by atoms with Gasteiger partial charge in [0.05, 0.1) is 17.9 Å². The standard InChI is InChI=1S/C22H21ClN2O5S2/c1-30-22(27)19-17-6-2-3-7-18(17)31-21(19)24-20(26)14-5-4-12-25(13-14)32(28,29)16-10-8-15(23)9-11-16/h2-3,6-11,14H,4-5,12-13H2,1H3,(H,24,26). The van der Waals surface area contributed by atoms with Gasteiger partial charge in [-0.15, -0.1) is 11.3 Å². The molecule has 0 saturated carbocycles. The molecule has 0 radical (unpaired) electrons. The smallest absolute Gasteiger partial charge is 0.341 e. The van der Waals surface area contributed by atoms with Crippen LogP contribution in [0.5, 0.6) is 0 Å². The number of amides is 1. The average Bonchev–Trinajstić information content (AvgIpc) is 3.16. The van der Waals surface area contributed by atoms with Crippen LogP contribution in [0.2, 0.25) is 5.02 Å². The minimum Gasteiger partial charge on any atom is -0.465 e. The van der Waals surface area contributed by atoms with E-state index in [1.807, 2.05) is 18.2 Å². The molecule has 1 aliphatic heterocycles. The number of hydrogen-bond acceptors (Lipinski definition) is 6. The lowest BCUT2D eigenvalue weighted by atomic mass is 9.99. The number of methoxy groups -OCH3 is 1. The van der Waals surface area contributed by atoms with E-state index in [1.54, 1.807) is 6.07 Å². The van der Waals surface area contributed by atoms with Crippen LogP contribution in [-0.4, -0.2) is 44.8 Å². The van der Waals surface area contributed by atoms with Crippen LogP contribution in [0.15, 0.2) is 53.4 Å². The molecule has 168 valence electrons. The van der Waals surface area contributed by atoms with Crippen LogP contribution in [0.4, 0.5) is 5.00 Å². The number of nitrogens with one attached hydrogen (secondary N) is 1. The second kappa shape index (κ2) is 9.19. The highest BCUT2D eigenvalue weighted by Crippen LogP contribution is 2.37. The van der Waals surface area contributed by atoms with Crippen molar-refractivity contribution < 1.29 is 22.7 Å². The van der Waals surface area contributed by atoms with Crippen molar-refractivity contribution >= 4 is 59.9 Å². The summed E-state index contributed by atoms with van der Waals surface area (Å²) in [5, 5.41) is 4.40. The van der Waals surface area contributed by atoms with E-state index in [1.165, 1.54) is 47.0 Å². The largest absolute Gasteiger partial charge is 0.465 e. The molecule has 1 fully saturated rings. The number of nitrogens with zero attached hydrogens (tertiary/aromatic N) is 1. The summed E-state index contributed by atoms with van der Waals surface area (Å²) in [5.74, 6) is -1.40. The number of piperidine rings is 1. The molecule has 2 heterocycles. The van der Waals surface area contributed by atoms with Crippen LogP contribution >= 0.6 is 22.9 Å². The topological polar surface area (TPSA) is 92.8 Å². The molecule has 1 saturated heterocycles. The number of rotatable bonds is 5. The summed E-state index contributed by atoms with van der Waals surface area (Å²) in [4.78, 5) is 25.6. The minimum absolute atomic E-state index is 0.0647. The molecule has 1 aromatic heterocycles. The van der Waals surface area contributed by atoms with Gasteiger partial charge in [0.2, 0.25) is 15.9 Å². The third-order valence-electron chi connectivity index (χ3n) is 5.43. The monoisotopic (exact) mass is 492 g/mol. The molecule has 3 aromatic rings. The maximum Gasteiger partial charge on any atom is 0.341 e. The molecule has 0 aliphatic carbocycles. The highest BCUT2D eigenvalue weighted by Gasteiger charge is 2.34. The molecule has 4 rings (SSSR count). The number of hydrogen-bond donors (Lipinski definition) is 1. The van der Waals surface area contributed by atoms with Crippen molar-refractivity contribution in [3.8, 4) is 0 Å². The first-order chi connectivity index (χ1) is 15.3. The molecule has 1 amide bonds. The van der Waals surface area contributed by atoms with Gasteiger partial charge in [-0.25, -0.2) is 13.2 Å². The highest BCUT2D eigenvalue weighted by atomic mass is 35.5. The predicted molar refractivity (Wildman–Crippen MR) is 125 cm³/mol. The molecule has 32 heavy (non-hydrogen) atoms. The Morgan fingerprint density at radius 3 is 2.59 bits per heavy atom. The number of anilines is 1. The normalized spacial score (nSPS) is 17.2. The number of carbonyl (C=O) groups is 2. The quantitative estimate of drug-likeness (QED) is 0.533. The minimum atomic E-state index is -3.74. The molecule has 10 heteroatoms. The van der Waals surface area contributed by atoms with Gasteiger partial charge in [0.1, 0.15) is 10.6 Å². The average molecular weight is 493 g/mol. The van der Waals surface area contributed by atoms with Crippen molar-refractivity contribution in [3.63, 3.8) is 0 Å². The number of thiophene rings is 1. The molecule has 1 N–H and O–H groups in total. The molecule has 1 aliphatic rings. The van der Waals surface area contributed by atoms with E-state index in [0.29, 0.717) is 40.4 Å². The van der Waals surface area contributed by atoms with Crippen LogP contribution in [-0.2, 0) is 19.6 Å². The van der Waals surface area contributed by atoms with Crippen molar-refractivity contribution in [3.05, 3.63) is 59.1 Å². The summed E-state index contributed by atoms with van der Waals surface area (Å²) in [7, 11) is -2.45. The van der Waals surface area contributed by atoms with Gasteiger partial charge in [-0.05, 0) is 43.2 Å². The third-order valence-corrected chi connectivity index (χ3v) is 8.65. The van der Waals surface area contributed by atoms with E-state index in [-0.39, 0.29) is 17.3 Å². The van der Waals surface area contributed by atoms with Crippen LogP contribution in [0.1, 0.15) is 23.2 Å². The van der Waals surface area contributed by atoms with Crippen molar-refractivity contribution in [2.45, 2.75) is 17.7 Å². The van der Waals surface area contributed by atoms with Crippen molar-refractivity contribution in [2.24, 2.45) is 5.92 Å². The predicted octanol–water partition coefficient (Wildman–Crippen LogP) is 4.38. The number of benzene rings is 2. The van der Waals surface area contributed by atoms with E-state index < -0.39 is 21.9 Å². The second-order valence-corrected chi connectivity index (χ2v) is 10.9. The van der Waals surface area contributed by atoms with Gasteiger partial charge in [-0.1, -0.05) is 29.8 Å². The lowest BCUT2D eigenvalue weighted by Gasteiger charge is -2.31. The van der Waals surface area contributed by atoms with E-state index in [4.69, 9.17) is 16.3 Å². The van der Waals surface area contributed by atoms with E-state index in [9.17, 15) is 18.0 Å². The molecule has 0 bridgehead atoms. The summed E-state index contributed by atoms with van der Waals surface area (Å²) in [6.45, 7) is 0.403. The summed E-state index contributed by atoms with van der Waals surface area (Å²) >= 11 is 7.16. The summed E-state index contributed by atoms with van der Waals surface area (Å²) in [6, 6.07) is 13.3. The Labute approximate surface area is 195 Å². The Bertz CT molecular complexity index is 1270. The molecular formula is C22H21ClN2O5S2. The first-order valence-corrected chi connectivity index (χ1v) is 12.6. The zero-order valence-corrected chi connectivity index (χ0v) is 19.6. The Morgan fingerprint density at radius 1 is 1.16 bits per heavy atom. The lowest BCUT2D eigenvalue weighted by Crippen LogP contribution is -2.43. The molecule has 1 unspecified atom stereocenters. The SMILES string of the molecule is COC(=O)c1c(NC(=O)C2CCCN(S(=O)(=O)c3ccc(Cl)cc3)C2)sc2ccccc12. The fourth-order valence-corrected chi connectivity index (χ4v) is 6.53. The zero-order chi connectivity index (χ0) is 22.9. The Hall–Kier alpha value is -2.46. The Kier molecular flexibility index (Phi) is 6.52. The van der Waals surface area contributed by atoms with Crippen LogP contribution in [0, 0.1) is 5.92 Å². The second-order valence-electron chi connectivity index (χ2n) is 7.44. The van der Waals surface area contributed by atoms with Crippen molar-refractivity contribution in [1.82, 2.24) is 4.31 Å². The fraction of sp³-hybridized carbons (Fsp3) is 0.273. The highest BCUT2D eigenvalue weighted by molar-refractivity contribution is 7.89. The summed E-state index contributed by atoms with van der Waals surface area (Å²) in [5.41, 5.74) is 0.308. The Morgan fingerprint density at radius 2 is 1.88 bits per heavy atom. The van der Waals surface area contributed by atoms with Gasteiger partial charge in [0.15, 0.2) is 0 Å². The van der Waals surface area contributed by atoms with Gasteiger partial charge in [-0.2, -0.15) is 4.31 Å². The van der Waals surface area contributed by atoms with Gasteiger partial charge in [0, 0.05) is 28.2 Å². The third kappa shape index (κ3) is 4.38. The van der Waals surface area contributed by atoms with Gasteiger partial charge < -0.3 is 10.1 Å². The molecule has 0 spiro atoms. The van der Waals surface area contributed by atoms with E-state index in [2.05, 4.69) is 5.32 Å². The first kappa shape index (κ1) is 22.7. The first-order valence-electron chi connectivity index (χ1n) is 9.97. The lowest BCUT2D eigenvalue weighted by molar-refractivity contribution is -0.120. The molecular weight excluding hydrogens is 472 g/mol. The van der Waals surface area contributed by atoms with Crippen LogP contribution < -0.4 is 5.32 Å². The number of halogens is 1. The maximum absolute atomic E-state index is 13.1. The summed E-state index contributed by atoms with van der Waals surface area (Å²) < 4.78 is 33.1. The van der Waals surface area contributed by atoms with Crippen LogP contribution in [0.3, 0.4) is 0 Å². The fourth-order valence-electron chi connectivity index (χ4n) is 3.78. The molecule has 7 nitrogen and oxygen atoms in total. The molecule has 1 atom stereocenters. The number of sulfonamides is 1. The van der Waals surface area contributed by atoms with Gasteiger partial charge in [-0.3, -0.25) is 4.79 Å². The zero-order valence-electron chi connectivity index (χ0n) is 17.2. The van der Waals surface area contributed by atoms with E-state index >= 15 is 0 Å². The number of esters is 1. The van der Waals surface area contributed by atoms with Gasteiger partial charge in [0.25, 0.3) is 0 Å². The number of ether oxygens (including phenoxy) is 1. The number of fused-ring (bicyclic) bond motifs is 1. The maximum atomic E-state index is 13.1. The number of carbonyl (C=O) groups excluding carboxylic acids is 2.